The molecule has 22 heavy (non-hydrogen) atoms. The van der Waals surface area contributed by atoms with E-state index in [1.807, 2.05) is 36.2 Å². The number of benzene rings is 1. The second-order valence-corrected chi connectivity index (χ2v) is 6.35. The lowest BCUT2D eigenvalue weighted by Crippen LogP contribution is -2.39. The second-order valence-electron chi connectivity index (χ2n) is 5.29. The first-order chi connectivity index (χ1) is 10.5. The van der Waals surface area contributed by atoms with E-state index in [1.54, 1.807) is 24.8 Å². The third-order valence-electron chi connectivity index (χ3n) is 3.65. The molecule has 2 aromatic carbocycles. The van der Waals surface area contributed by atoms with Gasteiger partial charge in [-0.25, -0.2) is 0 Å². The molecule has 0 aliphatic carbocycles. The molecular weight excluding hydrogens is 300 g/mol. The third-order valence-corrected chi connectivity index (χ3v) is 4.82. The fraction of sp³-hybridized carbons (Fsp3) is 0.250. The number of aliphatic hydroxyl groups excluding tert-OH is 1. The van der Waals surface area contributed by atoms with E-state index in [1.165, 1.54) is 0 Å². The van der Waals surface area contributed by atoms with Crippen molar-refractivity contribution < 1.29 is 5.11 Å². The Morgan fingerprint density at radius 1 is 1.32 bits per heavy atom. The molecule has 0 aromatic heterocycles. The summed E-state index contributed by atoms with van der Waals surface area (Å²) in [5.74, 6) is 0. The Hall–Kier alpha value is -2.05. The van der Waals surface area contributed by atoms with E-state index in [0.717, 1.165) is 15.6 Å². The Morgan fingerprint density at radius 3 is 2.73 bits per heavy atom. The largest absolute Gasteiger partial charge is 0.394 e. The smallest absolute Gasteiger partial charge is 0.250 e. The minimum Gasteiger partial charge on any atom is -0.394 e. The highest BCUT2D eigenvalue weighted by Gasteiger charge is 2.25. The molecular formula is C16H16N2O3S. The number of aliphatic hydroxyl groups is 1. The Bertz CT molecular complexity index is 821. The van der Waals surface area contributed by atoms with E-state index in [-0.39, 0.29) is 12.6 Å². The molecule has 0 radical (unpaired) electrons. The Kier molecular flexibility index (Phi) is 3.80. The van der Waals surface area contributed by atoms with E-state index in [0.29, 0.717) is 11.3 Å². The maximum atomic E-state index is 11.8. The van der Waals surface area contributed by atoms with Crippen LogP contribution in [0.4, 0.5) is 11.4 Å². The Labute approximate surface area is 132 Å². The molecule has 1 atom stereocenters. The van der Waals surface area contributed by atoms with Gasteiger partial charge in [0.05, 0.1) is 28.6 Å². The molecule has 0 spiro atoms. The number of rotatable bonds is 4. The second kappa shape index (κ2) is 5.62. The van der Waals surface area contributed by atoms with Crippen LogP contribution in [0.5, 0.6) is 0 Å². The molecule has 2 N–H and O–H groups in total. The highest BCUT2D eigenvalue weighted by atomic mass is 32.2. The van der Waals surface area contributed by atoms with E-state index in [4.69, 9.17) is 5.11 Å². The summed E-state index contributed by atoms with van der Waals surface area (Å²) < 4.78 is 0. The monoisotopic (exact) mass is 316 g/mol. The first-order valence-electron chi connectivity index (χ1n) is 6.96. The minimum atomic E-state index is -0.518. The number of nitrogens with zero attached hydrogens (tertiary/aromatic N) is 1. The standard InChI is InChI=1S/C16H16N2O3S/c1-9(8-19)17-14-10(15(20)16(14)21)7-13-18(2)11-5-3-4-6-12(11)22-13/h3-7,9,17,19H,8H2,1-2H3/b13-7-/t9-/m0/s1. The molecule has 2 aromatic rings. The van der Waals surface area contributed by atoms with E-state index in [9.17, 15) is 9.59 Å². The first kappa shape index (κ1) is 14.9. The summed E-state index contributed by atoms with van der Waals surface area (Å²) in [4.78, 5) is 26.6. The maximum Gasteiger partial charge on any atom is 0.250 e. The normalized spacial score (nSPS) is 17.0. The van der Waals surface area contributed by atoms with Gasteiger partial charge in [-0.05, 0) is 25.1 Å². The molecule has 1 heterocycles. The van der Waals surface area contributed by atoms with Gasteiger partial charge in [-0.3, -0.25) is 9.59 Å². The molecule has 0 saturated heterocycles. The van der Waals surface area contributed by atoms with Crippen LogP contribution >= 0.6 is 11.8 Å². The summed E-state index contributed by atoms with van der Waals surface area (Å²) in [6, 6.07) is 7.69. The number of hydrogen-bond donors (Lipinski definition) is 2. The lowest BCUT2D eigenvalue weighted by molar-refractivity contribution is 0.281. The van der Waals surface area contributed by atoms with Gasteiger partial charge in [-0.2, -0.15) is 0 Å². The fourth-order valence-corrected chi connectivity index (χ4v) is 3.45. The molecule has 5 nitrogen and oxygen atoms in total. The number of fused-ring (bicyclic) bond motifs is 1. The number of nitrogens with one attached hydrogen (secondary N) is 1. The van der Waals surface area contributed by atoms with Crippen molar-refractivity contribution in [2.24, 2.45) is 0 Å². The third kappa shape index (κ3) is 2.34. The zero-order valence-corrected chi connectivity index (χ0v) is 13.1. The molecule has 1 aliphatic heterocycles. The van der Waals surface area contributed by atoms with Crippen molar-refractivity contribution in [2.75, 3.05) is 23.9 Å². The van der Waals surface area contributed by atoms with E-state index >= 15 is 0 Å². The van der Waals surface area contributed by atoms with Crippen molar-refractivity contribution in [2.45, 2.75) is 17.9 Å². The Morgan fingerprint density at radius 2 is 2.05 bits per heavy atom. The zero-order valence-electron chi connectivity index (χ0n) is 12.3. The quantitative estimate of drug-likeness (QED) is 0.835. The molecule has 1 aliphatic rings. The summed E-state index contributed by atoms with van der Waals surface area (Å²) in [7, 11) is 1.93. The summed E-state index contributed by atoms with van der Waals surface area (Å²) in [6.45, 7) is 1.65. The van der Waals surface area contributed by atoms with Gasteiger partial charge in [-0.1, -0.05) is 23.9 Å². The van der Waals surface area contributed by atoms with E-state index in [2.05, 4.69) is 5.32 Å². The van der Waals surface area contributed by atoms with Crippen molar-refractivity contribution in [3.8, 4) is 0 Å². The SMILES string of the molecule is C[C@@H](CO)Nc1c(/C=C2\Sc3ccccc3N2C)c(=O)c1=O. The summed E-state index contributed by atoms with van der Waals surface area (Å²) in [5, 5.41) is 12.9. The molecule has 0 fully saturated rings. The van der Waals surface area contributed by atoms with Crippen molar-refractivity contribution in [3.63, 3.8) is 0 Å². The molecule has 114 valence electrons. The molecule has 6 heteroatoms. The van der Waals surface area contributed by atoms with Crippen molar-refractivity contribution in [1.29, 1.82) is 0 Å². The highest BCUT2D eigenvalue weighted by molar-refractivity contribution is 8.03. The lowest BCUT2D eigenvalue weighted by Gasteiger charge is -2.17. The van der Waals surface area contributed by atoms with Crippen LogP contribution in [-0.4, -0.2) is 24.8 Å². The van der Waals surface area contributed by atoms with Crippen LogP contribution in [-0.2, 0) is 0 Å². The van der Waals surface area contributed by atoms with Gasteiger partial charge in [0, 0.05) is 18.0 Å². The lowest BCUT2D eigenvalue weighted by atomic mass is 10.1. The summed E-state index contributed by atoms with van der Waals surface area (Å²) in [5.41, 5.74) is 0.757. The van der Waals surface area contributed by atoms with Gasteiger partial charge in [0.2, 0.25) is 10.9 Å². The Balaban J connectivity index is 1.93. The fourth-order valence-electron chi connectivity index (χ4n) is 2.35. The number of thioether (sulfide) groups is 1. The summed E-state index contributed by atoms with van der Waals surface area (Å²) in [6.07, 6.45) is 1.74. The van der Waals surface area contributed by atoms with Crippen LogP contribution in [0.2, 0.25) is 0 Å². The average Bonchev–Trinajstić information content (AvgIpc) is 2.86. The molecule has 0 bridgehead atoms. The van der Waals surface area contributed by atoms with Crippen LogP contribution in [0.3, 0.4) is 0 Å². The topological polar surface area (TPSA) is 69.6 Å². The molecule has 0 unspecified atom stereocenters. The zero-order chi connectivity index (χ0) is 15.9. The van der Waals surface area contributed by atoms with Gasteiger partial charge in [0.25, 0.3) is 0 Å². The van der Waals surface area contributed by atoms with Gasteiger partial charge >= 0.3 is 0 Å². The minimum absolute atomic E-state index is 0.102. The number of anilines is 2. The van der Waals surface area contributed by atoms with E-state index < -0.39 is 10.9 Å². The van der Waals surface area contributed by atoms with Crippen molar-refractivity contribution in [3.05, 3.63) is 55.3 Å². The predicted octanol–water partition coefficient (Wildman–Crippen LogP) is 1.62. The summed E-state index contributed by atoms with van der Waals surface area (Å²) >= 11 is 1.56. The van der Waals surface area contributed by atoms with Crippen molar-refractivity contribution >= 4 is 29.2 Å². The molecule has 0 amide bonds. The molecule has 3 rings (SSSR count). The maximum absolute atomic E-state index is 11.8. The van der Waals surface area contributed by atoms with Crippen LogP contribution in [0.15, 0.2) is 43.8 Å². The number of hydrogen-bond acceptors (Lipinski definition) is 6. The van der Waals surface area contributed by atoms with Gasteiger partial charge in [-0.15, -0.1) is 0 Å². The first-order valence-corrected chi connectivity index (χ1v) is 7.77. The van der Waals surface area contributed by atoms with Crippen LogP contribution in [0.1, 0.15) is 12.5 Å². The van der Waals surface area contributed by atoms with Crippen LogP contribution in [0.25, 0.3) is 6.08 Å². The van der Waals surface area contributed by atoms with Gasteiger partial charge < -0.3 is 15.3 Å². The van der Waals surface area contributed by atoms with Crippen LogP contribution in [0, 0.1) is 0 Å². The highest BCUT2D eigenvalue weighted by Crippen LogP contribution is 2.45. The predicted molar refractivity (Wildman–Crippen MR) is 90.2 cm³/mol. The molecule has 0 saturated carbocycles. The average molecular weight is 316 g/mol. The van der Waals surface area contributed by atoms with Crippen molar-refractivity contribution in [1.82, 2.24) is 0 Å². The van der Waals surface area contributed by atoms with Gasteiger partial charge in [0.15, 0.2) is 0 Å². The van der Waals surface area contributed by atoms with Gasteiger partial charge in [0.1, 0.15) is 0 Å². The number of para-hydroxylation sites is 1. The van der Waals surface area contributed by atoms with Crippen LogP contribution < -0.4 is 21.1 Å².